The number of hydrogen-bond donors (Lipinski definition) is 0. The minimum Gasteiger partial charge on any atom is -0.497 e. The molecule has 2 aliphatic rings. The Labute approximate surface area is 191 Å². The SMILES string of the molecule is COc1cccc([C@]2(C#N)CC[C@@H](N3CCN(S(=O)(=O)c4ccc(C)cc4)CC3)CC2)c1. The van der Waals surface area contributed by atoms with E-state index in [9.17, 15) is 13.7 Å². The molecule has 1 saturated carbocycles. The minimum absolute atomic E-state index is 0.367. The molecular weight excluding hydrogens is 422 g/mol. The van der Waals surface area contributed by atoms with Gasteiger partial charge in [0.25, 0.3) is 0 Å². The number of rotatable bonds is 5. The van der Waals surface area contributed by atoms with Gasteiger partial charge in [-0.1, -0.05) is 29.8 Å². The Kier molecular flexibility index (Phi) is 6.57. The number of nitriles is 1. The van der Waals surface area contributed by atoms with E-state index in [0.29, 0.717) is 24.0 Å². The van der Waals surface area contributed by atoms with Gasteiger partial charge in [0.05, 0.1) is 23.5 Å². The standard InChI is InChI=1S/C25H31N3O3S/c1-20-6-8-24(9-7-20)32(29,30)28-16-14-27(15-17-28)22-10-12-25(19-26,13-11-22)21-4-3-5-23(18-21)31-2/h3-9,18,22H,10-17H2,1-2H3/t22-,25-. The van der Waals surface area contributed by atoms with Crippen molar-refractivity contribution in [1.82, 2.24) is 9.21 Å². The maximum absolute atomic E-state index is 13.0. The molecule has 0 N–H and O–H groups in total. The lowest BCUT2D eigenvalue weighted by atomic mass is 9.69. The molecule has 32 heavy (non-hydrogen) atoms. The maximum atomic E-state index is 13.0. The van der Waals surface area contributed by atoms with Crippen molar-refractivity contribution in [3.8, 4) is 11.8 Å². The van der Waals surface area contributed by atoms with E-state index in [1.54, 1.807) is 23.5 Å². The zero-order valence-electron chi connectivity index (χ0n) is 18.8. The largest absolute Gasteiger partial charge is 0.497 e. The van der Waals surface area contributed by atoms with E-state index in [2.05, 4.69) is 11.0 Å². The fraction of sp³-hybridized carbons (Fsp3) is 0.480. The first-order valence-corrected chi connectivity index (χ1v) is 12.7. The highest BCUT2D eigenvalue weighted by molar-refractivity contribution is 7.89. The summed E-state index contributed by atoms with van der Waals surface area (Å²) in [5, 5.41) is 10.0. The molecule has 1 aliphatic heterocycles. The number of benzene rings is 2. The van der Waals surface area contributed by atoms with Gasteiger partial charge in [-0.3, -0.25) is 4.90 Å². The van der Waals surface area contributed by atoms with Crippen LogP contribution in [-0.4, -0.2) is 57.0 Å². The summed E-state index contributed by atoms with van der Waals surface area (Å²) in [5.74, 6) is 0.783. The predicted octanol–water partition coefficient (Wildman–Crippen LogP) is 3.71. The van der Waals surface area contributed by atoms with Crippen LogP contribution in [0.1, 0.15) is 36.8 Å². The molecule has 4 rings (SSSR count). The molecule has 2 aromatic rings. The third kappa shape index (κ3) is 4.40. The molecule has 1 heterocycles. The number of methoxy groups -OCH3 is 1. The lowest BCUT2D eigenvalue weighted by molar-refractivity contribution is 0.0989. The fourth-order valence-electron chi connectivity index (χ4n) is 5.01. The van der Waals surface area contributed by atoms with E-state index >= 15 is 0 Å². The highest BCUT2D eigenvalue weighted by atomic mass is 32.2. The highest BCUT2D eigenvalue weighted by Gasteiger charge is 2.40. The zero-order chi connectivity index (χ0) is 22.8. The molecule has 0 radical (unpaired) electrons. The quantitative estimate of drug-likeness (QED) is 0.690. The molecule has 2 fully saturated rings. The number of piperazine rings is 1. The molecule has 170 valence electrons. The second-order valence-electron chi connectivity index (χ2n) is 8.91. The molecule has 1 aliphatic carbocycles. The summed E-state index contributed by atoms with van der Waals surface area (Å²) < 4.78 is 32.9. The predicted molar refractivity (Wildman–Crippen MR) is 124 cm³/mol. The van der Waals surface area contributed by atoms with Crippen molar-refractivity contribution >= 4 is 10.0 Å². The topological polar surface area (TPSA) is 73.6 Å². The van der Waals surface area contributed by atoms with E-state index in [1.165, 1.54) is 0 Å². The Morgan fingerprint density at radius 2 is 1.69 bits per heavy atom. The molecule has 6 nitrogen and oxygen atoms in total. The smallest absolute Gasteiger partial charge is 0.243 e. The number of hydrogen-bond acceptors (Lipinski definition) is 5. The van der Waals surface area contributed by atoms with E-state index in [0.717, 1.165) is 55.6 Å². The van der Waals surface area contributed by atoms with Crippen LogP contribution in [0.3, 0.4) is 0 Å². The maximum Gasteiger partial charge on any atom is 0.243 e. The van der Waals surface area contributed by atoms with Gasteiger partial charge in [-0.2, -0.15) is 9.57 Å². The van der Waals surface area contributed by atoms with Crippen molar-refractivity contribution in [2.75, 3.05) is 33.3 Å². The summed E-state index contributed by atoms with van der Waals surface area (Å²) in [6.07, 6.45) is 3.50. The molecule has 0 amide bonds. The van der Waals surface area contributed by atoms with E-state index in [-0.39, 0.29) is 0 Å². The lowest BCUT2D eigenvalue weighted by Crippen LogP contribution is -2.53. The molecule has 0 unspecified atom stereocenters. The van der Waals surface area contributed by atoms with Gasteiger partial charge >= 0.3 is 0 Å². The number of sulfonamides is 1. The van der Waals surface area contributed by atoms with Crippen LogP contribution < -0.4 is 4.74 Å². The Hall–Kier alpha value is -2.40. The van der Waals surface area contributed by atoms with Crippen molar-refractivity contribution in [1.29, 1.82) is 5.26 Å². The molecule has 0 atom stereocenters. The van der Waals surface area contributed by atoms with Crippen molar-refractivity contribution in [3.63, 3.8) is 0 Å². The lowest BCUT2D eigenvalue weighted by Gasteiger charge is -2.43. The van der Waals surface area contributed by atoms with Crippen LogP contribution in [0.4, 0.5) is 0 Å². The van der Waals surface area contributed by atoms with E-state index in [4.69, 9.17) is 4.74 Å². The molecule has 2 aromatic carbocycles. The molecular formula is C25H31N3O3S. The minimum atomic E-state index is -3.45. The molecule has 1 saturated heterocycles. The summed E-state index contributed by atoms with van der Waals surface area (Å²) in [4.78, 5) is 2.78. The van der Waals surface area contributed by atoms with Crippen LogP contribution in [0.2, 0.25) is 0 Å². The van der Waals surface area contributed by atoms with Crippen molar-refractivity contribution in [2.45, 2.75) is 49.0 Å². The van der Waals surface area contributed by atoms with Crippen molar-refractivity contribution in [2.24, 2.45) is 0 Å². The van der Waals surface area contributed by atoms with Crippen LogP contribution in [0.25, 0.3) is 0 Å². The van der Waals surface area contributed by atoms with Gasteiger partial charge in [0.1, 0.15) is 5.75 Å². The highest BCUT2D eigenvalue weighted by Crippen LogP contribution is 2.41. The van der Waals surface area contributed by atoms with Crippen molar-refractivity contribution in [3.05, 3.63) is 59.7 Å². The Morgan fingerprint density at radius 1 is 1.03 bits per heavy atom. The van der Waals surface area contributed by atoms with Gasteiger partial charge in [-0.15, -0.1) is 0 Å². The molecule has 0 spiro atoms. The summed E-state index contributed by atoms with van der Waals surface area (Å²) in [6, 6.07) is 17.9. The average molecular weight is 454 g/mol. The van der Waals surface area contributed by atoms with Crippen LogP contribution in [0.15, 0.2) is 53.4 Å². The number of aryl methyl sites for hydroxylation is 1. The molecule has 0 aromatic heterocycles. The number of ether oxygens (including phenoxy) is 1. The van der Waals surface area contributed by atoms with Gasteiger partial charge in [-0.05, 0) is 62.4 Å². The number of nitrogens with zero attached hydrogens (tertiary/aromatic N) is 3. The second kappa shape index (κ2) is 9.22. The van der Waals surface area contributed by atoms with Crippen LogP contribution >= 0.6 is 0 Å². The van der Waals surface area contributed by atoms with Gasteiger partial charge in [-0.25, -0.2) is 8.42 Å². The Morgan fingerprint density at radius 3 is 2.28 bits per heavy atom. The summed E-state index contributed by atoms with van der Waals surface area (Å²) in [6.45, 7) is 4.43. The fourth-order valence-corrected chi connectivity index (χ4v) is 6.44. The summed E-state index contributed by atoms with van der Waals surface area (Å²) >= 11 is 0. The first-order valence-electron chi connectivity index (χ1n) is 11.2. The summed E-state index contributed by atoms with van der Waals surface area (Å²) in [7, 11) is -1.80. The first-order chi connectivity index (χ1) is 15.4. The first kappa shape index (κ1) is 22.8. The average Bonchev–Trinajstić information content (AvgIpc) is 2.84. The normalized spacial score (nSPS) is 25.2. The van der Waals surface area contributed by atoms with Gasteiger partial charge in [0.2, 0.25) is 10.0 Å². The van der Waals surface area contributed by atoms with Gasteiger partial charge < -0.3 is 4.74 Å². The Balaban J connectivity index is 1.37. The summed E-state index contributed by atoms with van der Waals surface area (Å²) in [5.41, 5.74) is 1.61. The second-order valence-corrected chi connectivity index (χ2v) is 10.8. The zero-order valence-corrected chi connectivity index (χ0v) is 19.6. The Bertz CT molecular complexity index is 1080. The van der Waals surface area contributed by atoms with Crippen LogP contribution in [-0.2, 0) is 15.4 Å². The van der Waals surface area contributed by atoms with E-state index < -0.39 is 15.4 Å². The third-order valence-corrected chi connectivity index (χ3v) is 9.01. The molecule has 7 heteroatoms. The van der Waals surface area contributed by atoms with Crippen LogP contribution in [0, 0.1) is 18.3 Å². The van der Waals surface area contributed by atoms with Gasteiger partial charge in [0, 0.05) is 32.2 Å². The monoisotopic (exact) mass is 453 g/mol. The van der Waals surface area contributed by atoms with Gasteiger partial charge in [0.15, 0.2) is 0 Å². The third-order valence-electron chi connectivity index (χ3n) is 7.09. The van der Waals surface area contributed by atoms with Crippen LogP contribution in [0.5, 0.6) is 5.75 Å². The van der Waals surface area contributed by atoms with E-state index in [1.807, 2.05) is 43.3 Å². The van der Waals surface area contributed by atoms with Crippen molar-refractivity contribution < 1.29 is 13.2 Å². The molecule has 0 bridgehead atoms.